The molecule has 9 nitrogen and oxygen atoms in total. The molecule has 0 bridgehead atoms. The van der Waals surface area contributed by atoms with Gasteiger partial charge in [0.2, 0.25) is 15.9 Å². The van der Waals surface area contributed by atoms with Crippen LogP contribution in [0.15, 0.2) is 24.3 Å². The van der Waals surface area contributed by atoms with Crippen molar-refractivity contribution in [3.8, 4) is 0 Å². The third kappa shape index (κ3) is 7.54. The molecule has 3 atom stereocenters. The van der Waals surface area contributed by atoms with Crippen LogP contribution in [0.4, 0.5) is 5.69 Å². The zero-order valence-electron chi connectivity index (χ0n) is 18.1. The van der Waals surface area contributed by atoms with E-state index in [9.17, 15) is 22.8 Å². The second-order valence-corrected chi connectivity index (χ2v) is 9.55. The topological polar surface area (TPSA) is 131 Å². The Morgan fingerprint density at radius 2 is 1.97 bits per heavy atom. The quantitative estimate of drug-likeness (QED) is 0.463. The Kier molecular flexibility index (Phi) is 8.85. The van der Waals surface area contributed by atoms with Gasteiger partial charge in [0, 0.05) is 17.3 Å². The number of rotatable bonds is 10. The maximum absolute atomic E-state index is 12.9. The standard InChI is InChI=1S/C21H31N3O6S/c1-4-5-11-18(20(26)22-17-12-7-10-16(17)21(27)30-2)23-19(25)14-8-6-9-15(13-14)24-31(3,28)29/h6,8-9,13,16-18,24H,4-5,7,10-12H2,1-3H3,(H,22,26)(H,23,25)/t16-,17+,18+/m1/s1. The molecule has 1 aromatic rings. The normalized spacial score (nSPS) is 19.3. The number of benzene rings is 1. The Hall–Kier alpha value is -2.62. The van der Waals surface area contributed by atoms with Crippen LogP contribution >= 0.6 is 0 Å². The molecule has 0 aliphatic heterocycles. The molecule has 3 N–H and O–H groups in total. The average Bonchev–Trinajstić information content (AvgIpc) is 3.17. The van der Waals surface area contributed by atoms with Gasteiger partial charge in [-0.1, -0.05) is 32.3 Å². The van der Waals surface area contributed by atoms with Crippen molar-refractivity contribution in [1.82, 2.24) is 10.6 Å². The van der Waals surface area contributed by atoms with Gasteiger partial charge in [-0.2, -0.15) is 0 Å². The highest BCUT2D eigenvalue weighted by atomic mass is 32.2. The molecule has 2 rings (SSSR count). The first-order chi connectivity index (χ1) is 14.6. The van der Waals surface area contributed by atoms with Crippen LogP contribution < -0.4 is 15.4 Å². The molecule has 0 aromatic heterocycles. The molecule has 0 unspecified atom stereocenters. The fourth-order valence-corrected chi connectivity index (χ4v) is 4.26. The number of carbonyl (C=O) groups excluding carboxylic acids is 3. The van der Waals surface area contributed by atoms with Crippen molar-refractivity contribution in [2.24, 2.45) is 5.92 Å². The van der Waals surface area contributed by atoms with Gasteiger partial charge >= 0.3 is 5.97 Å². The highest BCUT2D eigenvalue weighted by molar-refractivity contribution is 7.92. The molecule has 0 spiro atoms. The van der Waals surface area contributed by atoms with Gasteiger partial charge in [-0.25, -0.2) is 8.42 Å². The van der Waals surface area contributed by atoms with Gasteiger partial charge < -0.3 is 15.4 Å². The van der Waals surface area contributed by atoms with Crippen LogP contribution in [0.25, 0.3) is 0 Å². The largest absolute Gasteiger partial charge is 0.469 e. The molecule has 0 radical (unpaired) electrons. The Morgan fingerprint density at radius 1 is 1.23 bits per heavy atom. The smallest absolute Gasteiger partial charge is 0.310 e. The van der Waals surface area contributed by atoms with Crippen LogP contribution in [-0.4, -0.2) is 51.7 Å². The van der Waals surface area contributed by atoms with Crippen LogP contribution in [-0.2, 0) is 24.3 Å². The fraction of sp³-hybridized carbons (Fsp3) is 0.571. The lowest BCUT2D eigenvalue weighted by molar-refractivity contribution is -0.146. The van der Waals surface area contributed by atoms with Crippen molar-refractivity contribution in [2.75, 3.05) is 18.1 Å². The van der Waals surface area contributed by atoms with Gasteiger partial charge in [-0.05, 0) is 37.5 Å². The molecule has 1 aromatic carbocycles. The molecular weight excluding hydrogens is 422 g/mol. The SMILES string of the molecule is CCCC[C@H](NC(=O)c1cccc(NS(C)(=O)=O)c1)C(=O)N[C@H]1CCC[C@H]1C(=O)OC. The number of amides is 2. The second kappa shape index (κ2) is 11.1. The first-order valence-corrected chi connectivity index (χ1v) is 12.3. The summed E-state index contributed by atoms with van der Waals surface area (Å²) in [6.07, 6.45) is 5.21. The number of hydrogen-bond donors (Lipinski definition) is 3. The molecule has 1 fully saturated rings. The maximum atomic E-state index is 12.9. The van der Waals surface area contributed by atoms with Crippen LogP contribution in [0.3, 0.4) is 0 Å². The van der Waals surface area contributed by atoms with E-state index < -0.39 is 22.0 Å². The molecule has 1 aliphatic rings. The van der Waals surface area contributed by atoms with Crippen LogP contribution in [0, 0.1) is 5.92 Å². The third-order valence-electron chi connectivity index (χ3n) is 5.24. The zero-order valence-corrected chi connectivity index (χ0v) is 19.0. The zero-order chi connectivity index (χ0) is 23.0. The van der Waals surface area contributed by atoms with Gasteiger partial charge in [-0.3, -0.25) is 19.1 Å². The van der Waals surface area contributed by atoms with Crippen molar-refractivity contribution in [2.45, 2.75) is 57.5 Å². The Labute approximate surface area is 183 Å². The predicted octanol–water partition coefficient (Wildman–Crippen LogP) is 1.80. The summed E-state index contributed by atoms with van der Waals surface area (Å²) in [6, 6.07) is 4.97. The number of methoxy groups -OCH3 is 1. The number of carbonyl (C=O) groups is 3. The van der Waals surface area contributed by atoms with E-state index in [-0.39, 0.29) is 35.1 Å². The summed E-state index contributed by atoms with van der Waals surface area (Å²) in [6.45, 7) is 1.99. The number of anilines is 1. The lowest BCUT2D eigenvalue weighted by Gasteiger charge is -2.24. The van der Waals surface area contributed by atoms with Crippen molar-refractivity contribution in [3.05, 3.63) is 29.8 Å². The van der Waals surface area contributed by atoms with E-state index in [4.69, 9.17) is 4.74 Å². The van der Waals surface area contributed by atoms with Crippen LogP contribution in [0.2, 0.25) is 0 Å². The Morgan fingerprint density at radius 3 is 2.61 bits per heavy atom. The molecule has 172 valence electrons. The Bertz CT molecular complexity index is 902. The molecular formula is C21H31N3O6S. The minimum atomic E-state index is -3.48. The number of unbranched alkanes of at least 4 members (excludes halogenated alkanes) is 1. The van der Waals surface area contributed by atoms with E-state index in [1.165, 1.54) is 19.2 Å². The molecule has 0 heterocycles. The molecule has 10 heteroatoms. The van der Waals surface area contributed by atoms with Crippen LogP contribution in [0.5, 0.6) is 0 Å². The second-order valence-electron chi connectivity index (χ2n) is 7.80. The molecule has 1 saturated carbocycles. The van der Waals surface area contributed by atoms with E-state index in [0.29, 0.717) is 19.3 Å². The summed E-state index contributed by atoms with van der Waals surface area (Å²) in [5, 5.41) is 5.65. The summed E-state index contributed by atoms with van der Waals surface area (Å²) in [4.78, 5) is 37.6. The van der Waals surface area contributed by atoms with Crippen LogP contribution in [0.1, 0.15) is 55.8 Å². The first kappa shape index (κ1) is 24.6. The monoisotopic (exact) mass is 453 g/mol. The number of ether oxygens (including phenoxy) is 1. The molecule has 0 saturated heterocycles. The minimum Gasteiger partial charge on any atom is -0.469 e. The average molecular weight is 454 g/mol. The Balaban J connectivity index is 2.10. The summed E-state index contributed by atoms with van der Waals surface area (Å²) in [7, 11) is -2.15. The maximum Gasteiger partial charge on any atom is 0.310 e. The van der Waals surface area contributed by atoms with Gasteiger partial charge in [0.05, 0.1) is 19.3 Å². The van der Waals surface area contributed by atoms with E-state index in [0.717, 1.165) is 25.5 Å². The fourth-order valence-electron chi connectivity index (χ4n) is 3.71. The van der Waals surface area contributed by atoms with Crippen molar-refractivity contribution in [3.63, 3.8) is 0 Å². The lowest BCUT2D eigenvalue weighted by atomic mass is 10.0. The third-order valence-corrected chi connectivity index (χ3v) is 5.85. The molecule has 2 amide bonds. The lowest BCUT2D eigenvalue weighted by Crippen LogP contribution is -2.51. The van der Waals surface area contributed by atoms with Crippen molar-refractivity contribution < 1.29 is 27.5 Å². The van der Waals surface area contributed by atoms with Gasteiger partial charge in [-0.15, -0.1) is 0 Å². The minimum absolute atomic E-state index is 0.233. The van der Waals surface area contributed by atoms with Crippen molar-refractivity contribution in [1.29, 1.82) is 0 Å². The number of esters is 1. The molecule has 31 heavy (non-hydrogen) atoms. The summed E-state index contributed by atoms with van der Waals surface area (Å²) in [5.74, 6) is -1.54. The summed E-state index contributed by atoms with van der Waals surface area (Å²) >= 11 is 0. The number of nitrogens with one attached hydrogen (secondary N) is 3. The van der Waals surface area contributed by atoms with E-state index in [1.54, 1.807) is 12.1 Å². The number of sulfonamides is 1. The van der Waals surface area contributed by atoms with Gasteiger partial charge in [0.25, 0.3) is 5.91 Å². The summed E-state index contributed by atoms with van der Waals surface area (Å²) in [5.41, 5.74) is 0.493. The van der Waals surface area contributed by atoms with Gasteiger partial charge in [0.15, 0.2) is 0 Å². The van der Waals surface area contributed by atoms with E-state index in [2.05, 4.69) is 15.4 Å². The van der Waals surface area contributed by atoms with Crippen molar-refractivity contribution >= 4 is 33.5 Å². The van der Waals surface area contributed by atoms with Gasteiger partial charge in [0.1, 0.15) is 6.04 Å². The first-order valence-electron chi connectivity index (χ1n) is 10.4. The number of hydrogen-bond acceptors (Lipinski definition) is 6. The van der Waals surface area contributed by atoms with E-state index in [1.807, 2.05) is 6.92 Å². The summed E-state index contributed by atoms with van der Waals surface area (Å²) < 4.78 is 30.0. The highest BCUT2D eigenvalue weighted by Crippen LogP contribution is 2.27. The van der Waals surface area contributed by atoms with E-state index >= 15 is 0 Å². The highest BCUT2D eigenvalue weighted by Gasteiger charge is 2.36. The predicted molar refractivity (Wildman–Crippen MR) is 117 cm³/mol. The molecule has 1 aliphatic carbocycles.